The molecule has 1 aliphatic rings. The van der Waals surface area contributed by atoms with E-state index in [2.05, 4.69) is 49.2 Å². The van der Waals surface area contributed by atoms with Gasteiger partial charge in [0.2, 0.25) is 8.32 Å². The molecule has 1 aromatic carbocycles. The Kier molecular flexibility index (Phi) is 5.66. The second-order valence-electron chi connectivity index (χ2n) is 5.37. The molecule has 3 nitrogen and oxygen atoms in total. The molecule has 1 aromatic rings. The van der Waals surface area contributed by atoms with E-state index in [1.807, 2.05) is 0 Å². The Labute approximate surface area is 116 Å². The topological polar surface area (TPSA) is 30.5 Å². The monoisotopic (exact) mass is 287 g/mol. The van der Waals surface area contributed by atoms with Crippen LogP contribution in [0.15, 0.2) is 24.3 Å². The molecule has 1 atom stereocenters. The molecule has 0 saturated carbocycles. The van der Waals surface area contributed by atoms with Gasteiger partial charge >= 0.3 is 0 Å². The summed E-state index contributed by atoms with van der Waals surface area (Å²) in [4.78, 5) is 0. The summed E-state index contributed by atoms with van der Waals surface area (Å²) in [5, 5.41) is 3.45. The molecule has 1 fully saturated rings. The van der Waals surface area contributed by atoms with Gasteiger partial charge in [0.1, 0.15) is 5.75 Å². The van der Waals surface area contributed by atoms with Crippen LogP contribution in [-0.2, 0) is 4.74 Å². The largest absolute Gasteiger partial charge is 0.544 e. The van der Waals surface area contributed by atoms with Crippen LogP contribution < -0.4 is 9.74 Å². The Morgan fingerprint density at radius 3 is 2.39 bits per heavy atom. The highest BCUT2D eigenvalue weighted by atomic mass is 35.5. The van der Waals surface area contributed by atoms with E-state index in [1.165, 1.54) is 5.56 Å². The SMILES string of the molecule is C[Si](C)(C)Oc1ccc([C@H]2COCCN2)cc1.Cl. The van der Waals surface area contributed by atoms with Crippen LogP contribution >= 0.6 is 12.4 Å². The fourth-order valence-corrected chi connectivity index (χ4v) is 2.74. The smallest absolute Gasteiger partial charge is 0.242 e. The van der Waals surface area contributed by atoms with Gasteiger partial charge in [-0.05, 0) is 37.3 Å². The van der Waals surface area contributed by atoms with Crippen LogP contribution in [0.4, 0.5) is 0 Å². The highest BCUT2D eigenvalue weighted by Gasteiger charge is 2.17. The van der Waals surface area contributed by atoms with Crippen molar-refractivity contribution in [1.29, 1.82) is 0 Å². The van der Waals surface area contributed by atoms with E-state index in [0.717, 1.165) is 25.5 Å². The summed E-state index contributed by atoms with van der Waals surface area (Å²) in [6.45, 7) is 9.08. The molecule has 0 aromatic heterocycles. The van der Waals surface area contributed by atoms with Crippen LogP contribution in [0.2, 0.25) is 19.6 Å². The van der Waals surface area contributed by atoms with Gasteiger partial charge in [0.15, 0.2) is 0 Å². The summed E-state index contributed by atoms with van der Waals surface area (Å²) < 4.78 is 11.4. The third-order valence-corrected chi connectivity index (χ3v) is 3.48. The lowest BCUT2D eigenvalue weighted by Crippen LogP contribution is -2.34. The van der Waals surface area contributed by atoms with Crippen molar-refractivity contribution in [3.05, 3.63) is 29.8 Å². The molecule has 1 aliphatic heterocycles. The van der Waals surface area contributed by atoms with E-state index >= 15 is 0 Å². The summed E-state index contributed by atoms with van der Waals surface area (Å²) in [6, 6.07) is 8.70. The highest BCUT2D eigenvalue weighted by Crippen LogP contribution is 2.21. The summed E-state index contributed by atoms with van der Waals surface area (Å²) in [5.74, 6) is 0.977. The summed E-state index contributed by atoms with van der Waals surface area (Å²) >= 11 is 0. The van der Waals surface area contributed by atoms with Crippen molar-refractivity contribution in [2.45, 2.75) is 25.7 Å². The first-order valence-electron chi connectivity index (χ1n) is 6.15. The van der Waals surface area contributed by atoms with Crippen molar-refractivity contribution in [3.8, 4) is 5.75 Å². The van der Waals surface area contributed by atoms with Crippen LogP contribution in [0.3, 0.4) is 0 Å². The lowest BCUT2D eigenvalue weighted by Gasteiger charge is -2.25. The number of rotatable bonds is 3. The zero-order valence-electron chi connectivity index (χ0n) is 11.2. The number of halogens is 1. The minimum atomic E-state index is -1.50. The zero-order valence-corrected chi connectivity index (χ0v) is 13.0. The average Bonchev–Trinajstić information content (AvgIpc) is 2.29. The number of nitrogens with one attached hydrogen (secondary N) is 1. The predicted molar refractivity (Wildman–Crippen MR) is 79.2 cm³/mol. The molecule has 1 heterocycles. The van der Waals surface area contributed by atoms with Crippen molar-refractivity contribution < 1.29 is 9.16 Å². The second-order valence-corrected chi connectivity index (χ2v) is 9.79. The van der Waals surface area contributed by atoms with Crippen molar-refractivity contribution in [2.75, 3.05) is 19.8 Å². The van der Waals surface area contributed by atoms with Crippen molar-refractivity contribution in [3.63, 3.8) is 0 Å². The molecule has 0 aliphatic carbocycles. The predicted octanol–water partition coefficient (Wildman–Crippen LogP) is 2.98. The normalized spacial score (nSPS) is 20.1. The first-order chi connectivity index (χ1) is 8.04. The van der Waals surface area contributed by atoms with Gasteiger partial charge in [-0.1, -0.05) is 12.1 Å². The van der Waals surface area contributed by atoms with Crippen LogP contribution in [0.25, 0.3) is 0 Å². The first kappa shape index (κ1) is 15.5. The molecule has 0 spiro atoms. The molecule has 18 heavy (non-hydrogen) atoms. The number of hydrogen-bond acceptors (Lipinski definition) is 3. The van der Waals surface area contributed by atoms with Crippen molar-refractivity contribution in [2.24, 2.45) is 0 Å². The molecule has 0 bridgehead atoms. The Bertz CT molecular complexity index is 358. The van der Waals surface area contributed by atoms with Gasteiger partial charge in [0.05, 0.1) is 19.3 Å². The first-order valence-corrected chi connectivity index (χ1v) is 9.55. The van der Waals surface area contributed by atoms with Crippen molar-refractivity contribution >= 4 is 20.7 Å². The maximum Gasteiger partial charge on any atom is 0.242 e. The van der Waals surface area contributed by atoms with E-state index in [0.29, 0.717) is 6.04 Å². The number of ether oxygens (including phenoxy) is 1. The maximum absolute atomic E-state index is 5.93. The molecule has 1 N–H and O–H groups in total. The minimum Gasteiger partial charge on any atom is -0.544 e. The standard InChI is InChI=1S/C13H21NO2Si.ClH/c1-17(2,3)16-12-6-4-11(5-7-12)13-10-15-9-8-14-13;/h4-7,13-14H,8-10H2,1-3H3;1H/t13-;/m1./s1. The quantitative estimate of drug-likeness (QED) is 0.867. The summed E-state index contributed by atoms with van der Waals surface area (Å²) in [5.41, 5.74) is 1.27. The molecule has 102 valence electrons. The third kappa shape index (κ3) is 4.61. The molecule has 0 radical (unpaired) electrons. The second kappa shape index (κ2) is 6.57. The van der Waals surface area contributed by atoms with Gasteiger partial charge in [0, 0.05) is 6.54 Å². The fourth-order valence-electron chi connectivity index (χ4n) is 1.90. The fraction of sp³-hybridized carbons (Fsp3) is 0.538. The summed E-state index contributed by atoms with van der Waals surface area (Å²) in [7, 11) is -1.50. The molecule has 0 unspecified atom stereocenters. The van der Waals surface area contributed by atoms with Crippen LogP contribution in [0, 0.1) is 0 Å². The number of benzene rings is 1. The summed E-state index contributed by atoms with van der Waals surface area (Å²) in [6.07, 6.45) is 0. The van der Waals surface area contributed by atoms with Gasteiger partial charge in [-0.3, -0.25) is 0 Å². The Hall–Kier alpha value is -0.553. The van der Waals surface area contributed by atoms with Gasteiger partial charge in [-0.25, -0.2) is 0 Å². The molecule has 0 amide bonds. The number of morpholine rings is 1. The Balaban J connectivity index is 0.00000162. The van der Waals surface area contributed by atoms with Gasteiger partial charge in [-0.2, -0.15) is 0 Å². The maximum atomic E-state index is 5.93. The highest BCUT2D eigenvalue weighted by molar-refractivity contribution is 6.70. The Morgan fingerprint density at radius 1 is 1.22 bits per heavy atom. The van der Waals surface area contributed by atoms with E-state index in [9.17, 15) is 0 Å². The third-order valence-electron chi connectivity index (χ3n) is 2.63. The number of hydrogen-bond donors (Lipinski definition) is 1. The van der Waals surface area contributed by atoms with Gasteiger partial charge in [-0.15, -0.1) is 12.4 Å². The minimum absolute atomic E-state index is 0. The van der Waals surface area contributed by atoms with E-state index in [4.69, 9.17) is 9.16 Å². The molecule has 1 saturated heterocycles. The van der Waals surface area contributed by atoms with Gasteiger partial charge < -0.3 is 14.5 Å². The zero-order chi connectivity index (χ0) is 12.3. The molecule has 2 rings (SSSR count). The van der Waals surface area contributed by atoms with Crippen molar-refractivity contribution in [1.82, 2.24) is 5.32 Å². The van der Waals surface area contributed by atoms with Crippen LogP contribution in [-0.4, -0.2) is 28.1 Å². The Morgan fingerprint density at radius 2 is 1.89 bits per heavy atom. The van der Waals surface area contributed by atoms with Crippen LogP contribution in [0.1, 0.15) is 11.6 Å². The molecule has 5 heteroatoms. The van der Waals surface area contributed by atoms with E-state index < -0.39 is 8.32 Å². The molecular weight excluding hydrogens is 266 g/mol. The van der Waals surface area contributed by atoms with Gasteiger partial charge in [0.25, 0.3) is 0 Å². The molecular formula is C13H22ClNO2Si. The van der Waals surface area contributed by atoms with E-state index in [1.54, 1.807) is 0 Å². The van der Waals surface area contributed by atoms with E-state index in [-0.39, 0.29) is 12.4 Å². The average molecular weight is 288 g/mol. The lowest BCUT2D eigenvalue weighted by atomic mass is 10.1. The lowest BCUT2D eigenvalue weighted by molar-refractivity contribution is 0.0769. The van der Waals surface area contributed by atoms with Crippen LogP contribution in [0.5, 0.6) is 5.75 Å².